The Balaban J connectivity index is 2.11. The van der Waals surface area contributed by atoms with Gasteiger partial charge >= 0.3 is 0 Å². The molecule has 0 heterocycles. The maximum Gasteiger partial charge on any atom is 0.142 e. The summed E-state index contributed by atoms with van der Waals surface area (Å²) in [5.74, 6) is 0.873. The van der Waals surface area contributed by atoms with Crippen LogP contribution in [-0.2, 0) is 5.33 Å². The van der Waals surface area contributed by atoms with Crippen LogP contribution in [-0.4, -0.2) is 6.10 Å². The highest BCUT2D eigenvalue weighted by molar-refractivity contribution is 9.08. The predicted octanol–water partition coefficient (Wildman–Crippen LogP) is 5.34. The van der Waals surface area contributed by atoms with Gasteiger partial charge in [-0.1, -0.05) is 52.5 Å². The van der Waals surface area contributed by atoms with Crippen LogP contribution in [0, 0.1) is 0 Å². The molecule has 1 aromatic carbocycles. The largest absolute Gasteiger partial charge is 0.489 e. The van der Waals surface area contributed by atoms with E-state index in [1.54, 1.807) is 0 Å². The summed E-state index contributed by atoms with van der Waals surface area (Å²) in [5.41, 5.74) is 1.14. The molecule has 1 fully saturated rings. The van der Waals surface area contributed by atoms with E-state index in [0.717, 1.165) is 34.5 Å². The van der Waals surface area contributed by atoms with Gasteiger partial charge in [0.25, 0.3) is 0 Å². The topological polar surface area (TPSA) is 9.23 Å². The molecule has 0 atom stereocenters. The molecular weight excluding hydrogens is 300 g/mol. The van der Waals surface area contributed by atoms with Gasteiger partial charge in [-0.2, -0.15) is 0 Å². The monoisotopic (exact) mass is 316 g/mol. The first-order valence-electron chi connectivity index (χ1n) is 6.31. The molecule has 0 radical (unpaired) electrons. The number of hydrogen-bond acceptors (Lipinski definition) is 1. The van der Waals surface area contributed by atoms with E-state index in [4.69, 9.17) is 16.3 Å². The molecule has 1 aromatic rings. The molecule has 0 spiro atoms. The lowest BCUT2D eigenvalue weighted by Crippen LogP contribution is -2.16. The number of halogens is 2. The van der Waals surface area contributed by atoms with Gasteiger partial charge in [0.15, 0.2) is 0 Å². The molecule has 0 N–H and O–H groups in total. The average molecular weight is 318 g/mol. The molecule has 0 aliphatic heterocycles. The van der Waals surface area contributed by atoms with Crippen molar-refractivity contribution in [2.75, 3.05) is 0 Å². The Morgan fingerprint density at radius 3 is 2.53 bits per heavy atom. The Kier molecular flexibility index (Phi) is 5.17. The first-order valence-corrected chi connectivity index (χ1v) is 7.81. The number of ether oxygens (including phenoxy) is 1. The van der Waals surface area contributed by atoms with E-state index in [9.17, 15) is 0 Å². The number of rotatable bonds is 3. The fourth-order valence-corrected chi connectivity index (χ4v) is 3.00. The zero-order valence-corrected chi connectivity index (χ0v) is 12.3. The molecule has 1 aliphatic rings. The van der Waals surface area contributed by atoms with Gasteiger partial charge in [0.1, 0.15) is 5.75 Å². The molecule has 1 nitrogen and oxygen atoms in total. The minimum Gasteiger partial charge on any atom is -0.489 e. The van der Waals surface area contributed by atoms with E-state index in [-0.39, 0.29) is 0 Å². The second kappa shape index (κ2) is 6.65. The van der Waals surface area contributed by atoms with E-state index in [0.29, 0.717) is 6.10 Å². The van der Waals surface area contributed by atoms with E-state index in [1.807, 2.05) is 12.1 Å². The van der Waals surface area contributed by atoms with Crippen molar-refractivity contribution in [1.29, 1.82) is 0 Å². The Morgan fingerprint density at radius 1 is 1.18 bits per heavy atom. The van der Waals surface area contributed by atoms with Gasteiger partial charge in [-0.25, -0.2) is 0 Å². The summed E-state index contributed by atoms with van der Waals surface area (Å²) in [6, 6.07) is 5.94. The van der Waals surface area contributed by atoms with Crippen molar-refractivity contribution >= 4 is 27.5 Å². The fraction of sp³-hybridized carbons (Fsp3) is 0.571. The second-order valence-corrected chi connectivity index (χ2v) is 5.56. The third-order valence-electron chi connectivity index (χ3n) is 3.28. The van der Waals surface area contributed by atoms with Crippen molar-refractivity contribution < 1.29 is 4.74 Å². The minimum absolute atomic E-state index is 0.343. The van der Waals surface area contributed by atoms with Crippen LogP contribution in [0.5, 0.6) is 5.75 Å². The number of hydrogen-bond donors (Lipinski definition) is 0. The summed E-state index contributed by atoms with van der Waals surface area (Å²) in [7, 11) is 0. The average Bonchev–Trinajstić information content (AvgIpc) is 2.60. The third-order valence-corrected chi connectivity index (χ3v) is 4.18. The van der Waals surface area contributed by atoms with E-state index < -0.39 is 0 Å². The third kappa shape index (κ3) is 3.62. The van der Waals surface area contributed by atoms with Gasteiger partial charge in [0.05, 0.1) is 11.1 Å². The van der Waals surface area contributed by atoms with Gasteiger partial charge in [0.2, 0.25) is 0 Å². The van der Waals surface area contributed by atoms with Gasteiger partial charge in [-0.05, 0) is 31.7 Å². The van der Waals surface area contributed by atoms with Gasteiger partial charge in [-0.15, -0.1) is 0 Å². The molecule has 3 heteroatoms. The first-order chi connectivity index (χ1) is 8.31. The standard InChI is InChI=1S/C14H18BrClO/c15-10-11-6-5-9-13(16)14(11)17-12-7-3-1-2-4-8-12/h5-6,9,12H,1-4,7-8,10H2. The molecule has 94 valence electrons. The summed E-state index contributed by atoms with van der Waals surface area (Å²) in [4.78, 5) is 0. The summed E-state index contributed by atoms with van der Waals surface area (Å²) in [6.07, 6.45) is 7.90. The lowest BCUT2D eigenvalue weighted by molar-refractivity contribution is 0.182. The van der Waals surface area contributed by atoms with Crippen LogP contribution in [0.25, 0.3) is 0 Å². The van der Waals surface area contributed by atoms with Crippen LogP contribution < -0.4 is 4.74 Å². The smallest absolute Gasteiger partial charge is 0.142 e. The maximum absolute atomic E-state index is 6.22. The maximum atomic E-state index is 6.22. The van der Waals surface area contributed by atoms with Crippen molar-refractivity contribution in [2.45, 2.75) is 50.0 Å². The second-order valence-electron chi connectivity index (χ2n) is 4.59. The molecule has 0 amide bonds. The van der Waals surface area contributed by atoms with E-state index in [1.165, 1.54) is 25.7 Å². The zero-order valence-electron chi connectivity index (χ0n) is 9.92. The number of alkyl halides is 1. The molecule has 17 heavy (non-hydrogen) atoms. The highest BCUT2D eigenvalue weighted by Gasteiger charge is 2.16. The SMILES string of the molecule is Clc1cccc(CBr)c1OC1CCCCCC1. The van der Waals surface area contributed by atoms with Gasteiger partial charge in [-0.3, -0.25) is 0 Å². The summed E-state index contributed by atoms with van der Waals surface area (Å²) in [6.45, 7) is 0. The van der Waals surface area contributed by atoms with Crippen LogP contribution in [0.15, 0.2) is 18.2 Å². The fourth-order valence-electron chi connectivity index (χ4n) is 2.32. The first kappa shape index (κ1) is 13.2. The van der Waals surface area contributed by atoms with E-state index >= 15 is 0 Å². The quantitative estimate of drug-likeness (QED) is 0.540. The molecule has 0 unspecified atom stereocenters. The lowest BCUT2D eigenvalue weighted by atomic mass is 10.1. The Labute approximate surface area is 117 Å². The van der Waals surface area contributed by atoms with Crippen LogP contribution in [0.1, 0.15) is 44.1 Å². The van der Waals surface area contributed by atoms with Crippen LogP contribution in [0.4, 0.5) is 0 Å². The minimum atomic E-state index is 0.343. The van der Waals surface area contributed by atoms with Crippen LogP contribution in [0.2, 0.25) is 5.02 Å². The Hall–Kier alpha value is -0.210. The normalized spacial score (nSPS) is 17.8. The number of benzene rings is 1. The Bertz CT molecular complexity index is 359. The summed E-state index contributed by atoms with van der Waals surface area (Å²) < 4.78 is 6.13. The molecule has 0 bridgehead atoms. The molecule has 1 saturated carbocycles. The van der Waals surface area contributed by atoms with Gasteiger partial charge in [0, 0.05) is 10.9 Å². The van der Waals surface area contributed by atoms with Crippen LogP contribution in [0.3, 0.4) is 0 Å². The molecule has 0 saturated heterocycles. The van der Waals surface area contributed by atoms with Crippen molar-refractivity contribution in [2.24, 2.45) is 0 Å². The molecular formula is C14H18BrClO. The summed E-state index contributed by atoms with van der Waals surface area (Å²) >= 11 is 9.71. The molecule has 1 aliphatic carbocycles. The Morgan fingerprint density at radius 2 is 1.88 bits per heavy atom. The van der Waals surface area contributed by atoms with Gasteiger partial charge < -0.3 is 4.74 Å². The zero-order chi connectivity index (χ0) is 12.1. The van der Waals surface area contributed by atoms with Crippen molar-refractivity contribution in [3.63, 3.8) is 0 Å². The van der Waals surface area contributed by atoms with Crippen LogP contribution >= 0.6 is 27.5 Å². The predicted molar refractivity (Wildman–Crippen MR) is 76.2 cm³/mol. The van der Waals surface area contributed by atoms with Crippen molar-refractivity contribution in [3.05, 3.63) is 28.8 Å². The summed E-state index contributed by atoms with van der Waals surface area (Å²) in [5, 5.41) is 1.52. The molecule has 0 aromatic heterocycles. The van der Waals surface area contributed by atoms with E-state index in [2.05, 4.69) is 22.0 Å². The number of para-hydroxylation sites is 1. The van der Waals surface area contributed by atoms with Crippen molar-refractivity contribution in [1.82, 2.24) is 0 Å². The van der Waals surface area contributed by atoms with Crippen molar-refractivity contribution in [3.8, 4) is 5.75 Å². The highest BCUT2D eigenvalue weighted by Crippen LogP contribution is 2.33. The molecule has 2 rings (SSSR count). The lowest BCUT2D eigenvalue weighted by Gasteiger charge is -2.19. The highest BCUT2D eigenvalue weighted by atomic mass is 79.9.